The van der Waals surface area contributed by atoms with Gasteiger partial charge < -0.3 is 14.7 Å². The average Bonchev–Trinajstić information content (AvgIpc) is 2.78. The van der Waals surface area contributed by atoms with E-state index >= 15 is 0 Å². The van der Waals surface area contributed by atoms with Crippen LogP contribution in [0.15, 0.2) is 47.5 Å². The smallest absolute Gasteiger partial charge is 0.310 e. The predicted molar refractivity (Wildman–Crippen MR) is 102 cm³/mol. The van der Waals surface area contributed by atoms with E-state index in [4.69, 9.17) is 9.73 Å². The number of fused-ring (bicyclic) bond motifs is 2. The van der Waals surface area contributed by atoms with Crippen molar-refractivity contribution in [3.63, 3.8) is 0 Å². The lowest BCUT2D eigenvalue weighted by Gasteiger charge is -2.14. The molecular weight excluding hydrogens is 328 g/mol. The minimum Gasteiger partial charge on any atom is -0.488 e. The molecule has 1 atom stereocenters. The Hall–Kier alpha value is -2.66. The van der Waals surface area contributed by atoms with Crippen LogP contribution in [-0.2, 0) is 11.4 Å². The van der Waals surface area contributed by atoms with Crippen molar-refractivity contribution in [1.82, 2.24) is 4.90 Å². The molecule has 1 unspecified atom stereocenters. The molecule has 1 N–H and O–H groups in total. The zero-order valence-corrected chi connectivity index (χ0v) is 15.4. The maximum atomic E-state index is 11.4. The molecule has 0 fully saturated rings. The van der Waals surface area contributed by atoms with Crippen molar-refractivity contribution in [2.75, 3.05) is 27.2 Å². The zero-order chi connectivity index (χ0) is 18.7. The largest absolute Gasteiger partial charge is 0.488 e. The molecule has 0 amide bonds. The molecule has 1 aliphatic heterocycles. The van der Waals surface area contributed by atoms with Gasteiger partial charge >= 0.3 is 5.97 Å². The molecular formula is C21H24N2O3. The van der Waals surface area contributed by atoms with Gasteiger partial charge in [0.1, 0.15) is 12.4 Å². The van der Waals surface area contributed by atoms with Gasteiger partial charge in [-0.25, -0.2) is 0 Å². The van der Waals surface area contributed by atoms with Gasteiger partial charge in [0.05, 0.1) is 18.2 Å². The second-order valence-corrected chi connectivity index (χ2v) is 6.79. The van der Waals surface area contributed by atoms with E-state index in [1.54, 1.807) is 6.92 Å². The molecule has 0 aromatic heterocycles. The molecule has 1 aliphatic rings. The highest BCUT2D eigenvalue weighted by Gasteiger charge is 2.23. The summed E-state index contributed by atoms with van der Waals surface area (Å²) in [6, 6.07) is 13.7. The Balaban J connectivity index is 2.11. The lowest BCUT2D eigenvalue weighted by Crippen LogP contribution is -2.17. The number of carboxylic acids is 1. The Kier molecular flexibility index (Phi) is 5.38. The van der Waals surface area contributed by atoms with E-state index in [0.717, 1.165) is 40.3 Å². The Morgan fingerprint density at radius 1 is 1.23 bits per heavy atom. The van der Waals surface area contributed by atoms with Crippen LogP contribution in [0.5, 0.6) is 5.75 Å². The predicted octanol–water partition coefficient (Wildman–Crippen LogP) is 3.17. The Bertz CT molecular complexity index is 843. The van der Waals surface area contributed by atoms with Crippen LogP contribution in [0.4, 0.5) is 0 Å². The first kappa shape index (κ1) is 18.1. The van der Waals surface area contributed by atoms with Crippen LogP contribution in [-0.4, -0.2) is 48.9 Å². The standard InChI is InChI=1S/C21H24N2O3/c1-14(21(24)25)15-8-9-19-18(12-15)20(22-10-11-23(2)3)17-7-5-4-6-16(17)13-26-19/h4-9,12,14H,10-11,13H2,1-3H3,(H,24,25). The Morgan fingerprint density at radius 2 is 2.00 bits per heavy atom. The zero-order valence-electron chi connectivity index (χ0n) is 15.4. The number of hydrogen-bond donors (Lipinski definition) is 1. The lowest BCUT2D eigenvalue weighted by molar-refractivity contribution is -0.138. The average molecular weight is 352 g/mol. The molecule has 5 nitrogen and oxygen atoms in total. The number of hydrogen-bond acceptors (Lipinski definition) is 4. The molecule has 136 valence electrons. The number of ether oxygens (including phenoxy) is 1. The summed E-state index contributed by atoms with van der Waals surface area (Å²) < 4.78 is 5.99. The molecule has 2 aromatic carbocycles. The summed E-state index contributed by atoms with van der Waals surface area (Å²) in [6.07, 6.45) is 0. The molecule has 0 saturated carbocycles. The second-order valence-electron chi connectivity index (χ2n) is 6.79. The van der Waals surface area contributed by atoms with Crippen molar-refractivity contribution in [3.05, 3.63) is 64.7 Å². The topological polar surface area (TPSA) is 62.1 Å². The number of nitrogens with zero attached hydrogens (tertiary/aromatic N) is 2. The van der Waals surface area contributed by atoms with Gasteiger partial charge in [0.2, 0.25) is 0 Å². The van der Waals surface area contributed by atoms with Crippen LogP contribution < -0.4 is 4.74 Å². The van der Waals surface area contributed by atoms with E-state index in [-0.39, 0.29) is 0 Å². The number of aliphatic imine (C=N–C) groups is 1. The van der Waals surface area contributed by atoms with E-state index in [9.17, 15) is 9.90 Å². The van der Waals surface area contributed by atoms with Crippen LogP contribution in [0.1, 0.15) is 35.1 Å². The Labute approximate surface area is 153 Å². The van der Waals surface area contributed by atoms with Crippen LogP contribution in [0.3, 0.4) is 0 Å². The highest BCUT2D eigenvalue weighted by Crippen LogP contribution is 2.31. The van der Waals surface area contributed by atoms with E-state index < -0.39 is 11.9 Å². The Morgan fingerprint density at radius 3 is 2.73 bits per heavy atom. The summed E-state index contributed by atoms with van der Waals surface area (Å²) in [7, 11) is 4.04. The van der Waals surface area contributed by atoms with Gasteiger partial charge in [-0.1, -0.05) is 30.3 Å². The normalized spacial score (nSPS) is 15.8. The first-order valence-electron chi connectivity index (χ1n) is 8.74. The minimum absolute atomic E-state index is 0.476. The minimum atomic E-state index is -0.842. The van der Waals surface area contributed by atoms with Crippen molar-refractivity contribution in [2.24, 2.45) is 4.99 Å². The highest BCUT2D eigenvalue weighted by atomic mass is 16.5. The fourth-order valence-electron chi connectivity index (χ4n) is 2.98. The van der Waals surface area contributed by atoms with Gasteiger partial charge in [-0.3, -0.25) is 9.79 Å². The molecule has 1 heterocycles. The second kappa shape index (κ2) is 7.70. The summed E-state index contributed by atoms with van der Waals surface area (Å²) in [5.41, 5.74) is 4.61. The molecule has 0 radical (unpaired) electrons. The highest BCUT2D eigenvalue weighted by molar-refractivity contribution is 6.15. The quantitative estimate of drug-likeness (QED) is 0.898. The van der Waals surface area contributed by atoms with Crippen LogP contribution in [0.2, 0.25) is 0 Å². The van der Waals surface area contributed by atoms with Gasteiger partial charge in [0.25, 0.3) is 0 Å². The van der Waals surface area contributed by atoms with E-state index in [1.807, 2.05) is 50.5 Å². The van der Waals surface area contributed by atoms with Crippen molar-refractivity contribution >= 4 is 11.7 Å². The first-order chi connectivity index (χ1) is 12.5. The van der Waals surface area contributed by atoms with Crippen molar-refractivity contribution in [3.8, 4) is 5.75 Å². The fraction of sp³-hybridized carbons (Fsp3) is 0.333. The summed E-state index contributed by atoms with van der Waals surface area (Å²) in [4.78, 5) is 18.3. The summed E-state index contributed by atoms with van der Waals surface area (Å²) in [6.45, 7) is 3.67. The van der Waals surface area contributed by atoms with Crippen LogP contribution in [0, 0.1) is 0 Å². The molecule has 2 aromatic rings. The molecule has 26 heavy (non-hydrogen) atoms. The van der Waals surface area contributed by atoms with Gasteiger partial charge in [0, 0.05) is 17.7 Å². The summed E-state index contributed by atoms with van der Waals surface area (Å²) in [5.74, 6) is -0.682. The fourth-order valence-corrected chi connectivity index (χ4v) is 2.98. The number of likely N-dealkylation sites (N-methyl/N-ethyl adjacent to an activating group) is 1. The van der Waals surface area contributed by atoms with Gasteiger partial charge in [-0.15, -0.1) is 0 Å². The monoisotopic (exact) mass is 352 g/mol. The summed E-state index contributed by atoms with van der Waals surface area (Å²) in [5, 5.41) is 9.35. The molecule has 3 rings (SSSR count). The third kappa shape index (κ3) is 3.78. The molecule has 5 heteroatoms. The number of rotatable bonds is 5. The van der Waals surface area contributed by atoms with Gasteiger partial charge in [-0.05, 0) is 44.3 Å². The first-order valence-corrected chi connectivity index (χ1v) is 8.74. The molecule has 0 saturated heterocycles. The SMILES string of the molecule is CC(C(=O)O)c1ccc2c(c1)C(=NCCN(C)C)c1ccccc1CO2. The van der Waals surface area contributed by atoms with Gasteiger partial charge in [-0.2, -0.15) is 0 Å². The third-order valence-corrected chi connectivity index (χ3v) is 4.60. The summed E-state index contributed by atoms with van der Waals surface area (Å²) >= 11 is 0. The van der Waals surface area contributed by atoms with Crippen LogP contribution >= 0.6 is 0 Å². The number of aliphatic carboxylic acids is 1. The van der Waals surface area contributed by atoms with Crippen molar-refractivity contribution in [1.29, 1.82) is 0 Å². The van der Waals surface area contributed by atoms with Crippen LogP contribution in [0.25, 0.3) is 0 Å². The van der Waals surface area contributed by atoms with E-state index in [2.05, 4.69) is 11.0 Å². The maximum Gasteiger partial charge on any atom is 0.310 e. The number of carboxylic acid groups (broad SMARTS) is 1. The lowest BCUT2D eigenvalue weighted by atomic mass is 9.93. The van der Waals surface area contributed by atoms with Crippen molar-refractivity contribution < 1.29 is 14.6 Å². The number of benzene rings is 2. The molecule has 0 aliphatic carbocycles. The van der Waals surface area contributed by atoms with E-state index in [0.29, 0.717) is 13.2 Å². The van der Waals surface area contributed by atoms with Gasteiger partial charge in [0.15, 0.2) is 0 Å². The van der Waals surface area contributed by atoms with E-state index in [1.165, 1.54) is 0 Å². The third-order valence-electron chi connectivity index (χ3n) is 4.60. The number of carbonyl (C=O) groups is 1. The molecule has 0 spiro atoms. The maximum absolute atomic E-state index is 11.4. The van der Waals surface area contributed by atoms with Crippen molar-refractivity contribution in [2.45, 2.75) is 19.4 Å². The molecule has 0 bridgehead atoms.